The van der Waals surface area contributed by atoms with Crippen LogP contribution in [0.1, 0.15) is 58.3 Å². The number of carbonyl (C=O) groups is 4. The van der Waals surface area contributed by atoms with Crippen LogP contribution in [0.25, 0.3) is 5.57 Å². The molecule has 7 rings (SSSR count). The van der Waals surface area contributed by atoms with E-state index in [1.807, 2.05) is 18.2 Å². The van der Waals surface area contributed by atoms with Gasteiger partial charge in [-0.1, -0.05) is 31.3 Å². The number of carbonyl (C=O) groups excluding carboxylic acids is 4. The number of nitrogens with zero attached hydrogens (tertiary/aromatic N) is 4. The number of anilines is 1. The smallest absolute Gasteiger partial charge is 0.333 e. The van der Waals surface area contributed by atoms with Gasteiger partial charge in [0, 0.05) is 75.7 Å². The number of amides is 3. The molecule has 0 aliphatic carbocycles. The van der Waals surface area contributed by atoms with E-state index >= 15 is 0 Å². The molecule has 0 atom stereocenters. The number of hydrogen-bond acceptors (Lipinski definition) is 6. The van der Waals surface area contributed by atoms with Gasteiger partial charge < -0.3 is 14.6 Å². The first kappa shape index (κ1) is 31.0. The Balaban J connectivity index is 1.27. The Morgan fingerprint density at radius 2 is 1.68 bits per heavy atom. The zero-order valence-corrected chi connectivity index (χ0v) is 28.8. The first-order chi connectivity index (χ1) is 22.5. The maximum absolute atomic E-state index is 14.2. The minimum absolute atomic E-state index is 0.0206. The fourth-order valence-electron chi connectivity index (χ4n) is 7.68. The van der Waals surface area contributed by atoms with Crippen LogP contribution in [0.2, 0.25) is 13.1 Å². The summed E-state index contributed by atoms with van der Waals surface area (Å²) >= 11 is 0. The molecule has 1 saturated heterocycles. The Morgan fingerprint density at radius 1 is 0.936 bits per heavy atom. The topological polar surface area (TPSA) is 90.2 Å². The van der Waals surface area contributed by atoms with Gasteiger partial charge in [0.05, 0.1) is 0 Å². The van der Waals surface area contributed by atoms with Crippen molar-refractivity contribution in [3.05, 3.63) is 86.9 Å². The Bertz CT molecular complexity index is 2000. The van der Waals surface area contributed by atoms with E-state index in [9.17, 15) is 19.2 Å². The third kappa shape index (κ3) is 5.19. The summed E-state index contributed by atoms with van der Waals surface area (Å²) in [7, 11) is 3.96. The molecule has 0 bridgehead atoms. The molecule has 3 aromatic carbocycles. The minimum Gasteiger partial charge on any atom is -0.374 e. The molecule has 4 aliphatic rings. The lowest BCUT2D eigenvalue weighted by atomic mass is 9.89. The molecule has 242 valence electrons. The Hall–Kier alpha value is -4.57. The van der Waals surface area contributed by atoms with Gasteiger partial charge in [-0.3, -0.25) is 14.4 Å². The SMILES string of the molecule is CN(CCCC(=O)ON1C(=O)CCC1=O)C(=O)c1ccccc1C1=c2cc3c(cc2[Si](C)(C)c2cc4c(cc21)CCN4C)=[N+](C)CC3. The van der Waals surface area contributed by atoms with Crippen molar-refractivity contribution in [2.24, 2.45) is 0 Å². The third-order valence-corrected chi connectivity index (χ3v) is 13.9. The van der Waals surface area contributed by atoms with E-state index in [0.717, 1.165) is 37.1 Å². The van der Waals surface area contributed by atoms with Crippen LogP contribution in [-0.4, -0.2) is 82.5 Å². The fourth-order valence-corrected chi connectivity index (χ4v) is 10.7. The van der Waals surface area contributed by atoms with Crippen LogP contribution in [-0.2, 0) is 32.1 Å². The van der Waals surface area contributed by atoms with Gasteiger partial charge in [0.2, 0.25) is 5.36 Å². The molecule has 0 aromatic heterocycles. The number of benzene rings is 3. The quantitative estimate of drug-likeness (QED) is 0.217. The van der Waals surface area contributed by atoms with Crippen LogP contribution in [0.5, 0.6) is 0 Å². The van der Waals surface area contributed by atoms with Crippen LogP contribution < -0.4 is 30.4 Å². The summed E-state index contributed by atoms with van der Waals surface area (Å²) < 4.78 is 2.36. The van der Waals surface area contributed by atoms with E-state index in [1.165, 1.54) is 43.3 Å². The third-order valence-electron chi connectivity index (χ3n) is 10.4. The molecule has 3 amide bonds. The lowest BCUT2D eigenvalue weighted by molar-refractivity contribution is -0.197. The highest BCUT2D eigenvalue weighted by atomic mass is 28.3. The van der Waals surface area contributed by atoms with E-state index in [-0.39, 0.29) is 25.2 Å². The van der Waals surface area contributed by atoms with Gasteiger partial charge >= 0.3 is 5.97 Å². The lowest BCUT2D eigenvalue weighted by Gasteiger charge is -2.34. The zero-order chi connectivity index (χ0) is 33.2. The first-order valence-corrected chi connectivity index (χ1v) is 19.5. The molecule has 0 radical (unpaired) electrons. The Kier molecular flexibility index (Phi) is 7.66. The molecule has 4 heterocycles. The van der Waals surface area contributed by atoms with Gasteiger partial charge in [-0.05, 0) is 75.0 Å². The molecule has 0 unspecified atom stereocenters. The summed E-state index contributed by atoms with van der Waals surface area (Å²) in [5, 5.41) is 5.92. The molecule has 0 spiro atoms. The second-order valence-electron chi connectivity index (χ2n) is 13.8. The van der Waals surface area contributed by atoms with Gasteiger partial charge in [0.1, 0.15) is 21.7 Å². The van der Waals surface area contributed by atoms with Crippen molar-refractivity contribution in [3.63, 3.8) is 0 Å². The Morgan fingerprint density at radius 3 is 2.45 bits per heavy atom. The van der Waals surface area contributed by atoms with Gasteiger partial charge in [-0.15, -0.1) is 5.06 Å². The number of likely N-dealkylation sites (N-methyl/N-ethyl adjacent to an activating group) is 2. The fraction of sp³-hybridized carbons (Fsp3) is 0.378. The van der Waals surface area contributed by atoms with Crippen molar-refractivity contribution < 1.29 is 24.0 Å². The highest BCUT2D eigenvalue weighted by Crippen LogP contribution is 2.34. The molecular formula is C37H41N4O5Si+. The monoisotopic (exact) mass is 649 g/mol. The maximum atomic E-state index is 14.2. The number of imide groups is 1. The van der Waals surface area contributed by atoms with Crippen LogP contribution >= 0.6 is 0 Å². The molecule has 10 heteroatoms. The van der Waals surface area contributed by atoms with Gasteiger partial charge in [-0.25, -0.2) is 9.37 Å². The summed E-state index contributed by atoms with van der Waals surface area (Å²) in [5.41, 5.74) is 7.91. The van der Waals surface area contributed by atoms with Crippen molar-refractivity contribution in [1.29, 1.82) is 0 Å². The standard InChI is InChI=1S/C37H41N4O5Si/c1-38-17-14-23-19-27-31(21-29(23)38)47(4,5)32-22-30-24(15-18-39(30)2)20-28(32)36(27)25-9-6-7-10-26(25)37(45)40(3)16-8-11-35(44)46-41-33(42)12-13-34(41)43/h6-7,9-10,19-22H,8,11-18H2,1-5H3/q+1. The maximum Gasteiger partial charge on any atom is 0.333 e. The Labute approximate surface area is 275 Å². The molecule has 0 N–H and O–H groups in total. The highest BCUT2D eigenvalue weighted by molar-refractivity contribution is 7.01. The number of hydroxylamine groups is 2. The van der Waals surface area contributed by atoms with Gasteiger partial charge in [0.15, 0.2) is 0 Å². The molecule has 9 nitrogen and oxygen atoms in total. The molecular weight excluding hydrogens is 609 g/mol. The van der Waals surface area contributed by atoms with E-state index in [1.54, 1.807) is 11.9 Å². The summed E-state index contributed by atoms with van der Waals surface area (Å²) in [6.07, 6.45) is 2.42. The van der Waals surface area contributed by atoms with Crippen molar-refractivity contribution in [3.8, 4) is 0 Å². The molecule has 47 heavy (non-hydrogen) atoms. The highest BCUT2D eigenvalue weighted by Gasteiger charge is 2.39. The predicted octanol–water partition coefficient (Wildman–Crippen LogP) is 1.20. The summed E-state index contributed by atoms with van der Waals surface area (Å²) in [6.45, 7) is 7.22. The van der Waals surface area contributed by atoms with E-state index in [2.05, 4.69) is 67.0 Å². The summed E-state index contributed by atoms with van der Waals surface area (Å²) in [4.78, 5) is 59.2. The molecule has 0 saturated carbocycles. The molecule has 1 fully saturated rings. The number of fused-ring (bicyclic) bond motifs is 4. The van der Waals surface area contributed by atoms with Gasteiger partial charge in [-0.2, -0.15) is 0 Å². The van der Waals surface area contributed by atoms with Crippen molar-refractivity contribution in [2.75, 3.05) is 45.7 Å². The van der Waals surface area contributed by atoms with Crippen LogP contribution in [0, 0.1) is 0 Å². The van der Waals surface area contributed by atoms with Crippen LogP contribution in [0.15, 0.2) is 48.5 Å². The minimum atomic E-state index is -2.13. The van der Waals surface area contributed by atoms with Crippen molar-refractivity contribution in [2.45, 2.75) is 51.6 Å². The van der Waals surface area contributed by atoms with Gasteiger partial charge in [0.25, 0.3) is 17.7 Å². The van der Waals surface area contributed by atoms with E-state index < -0.39 is 25.9 Å². The van der Waals surface area contributed by atoms with E-state index in [4.69, 9.17) is 4.84 Å². The second kappa shape index (κ2) is 11.6. The second-order valence-corrected chi connectivity index (χ2v) is 18.1. The number of rotatable bonds is 7. The predicted molar refractivity (Wildman–Crippen MR) is 183 cm³/mol. The normalized spacial score (nSPS) is 17.5. The first-order valence-electron chi connectivity index (χ1n) is 16.5. The molecule has 3 aromatic rings. The van der Waals surface area contributed by atoms with E-state index in [0.29, 0.717) is 23.6 Å². The van der Waals surface area contributed by atoms with Crippen LogP contribution in [0.4, 0.5) is 5.69 Å². The van der Waals surface area contributed by atoms with Crippen molar-refractivity contribution in [1.82, 2.24) is 14.5 Å². The average molecular weight is 650 g/mol. The average Bonchev–Trinajstić information content (AvgIpc) is 3.71. The number of hydrogen-bond donors (Lipinski definition) is 0. The van der Waals surface area contributed by atoms with Crippen LogP contribution in [0.3, 0.4) is 0 Å². The zero-order valence-electron chi connectivity index (χ0n) is 27.8. The van der Waals surface area contributed by atoms with Crippen molar-refractivity contribution >= 4 is 53.4 Å². The molecule has 4 aliphatic heterocycles. The lowest BCUT2D eigenvalue weighted by Crippen LogP contribution is -2.64. The summed E-state index contributed by atoms with van der Waals surface area (Å²) in [5.74, 6) is -1.80. The summed E-state index contributed by atoms with van der Waals surface area (Å²) in [6, 6.07) is 17.5. The largest absolute Gasteiger partial charge is 0.374 e.